The number of carbonyl (C=O) groups excluding carboxylic acids is 1. The van der Waals surface area contributed by atoms with Crippen molar-refractivity contribution < 1.29 is 19.4 Å². The predicted molar refractivity (Wildman–Crippen MR) is 82.1 cm³/mol. The Balaban J connectivity index is 2.35. The van der Waals surface area contributed by atoms with Crippen molar-refractivity contribution in [2.75, 3.05) is 11.9 Å². The molecule has 0 radical (unpaired) electrons. The molecule has 11 nitrogen and oxygen atoms in total. The van der Waals surface area contributed by atoms with Crippen LogP contribution in [0.2, 0.25) is 0 Å². The van der Waals surface area contributed by atoms with Gasteiger partial charge in [-0.1, -0.05) is 0 Å². The highest BCUT2D eigenvalue weighted by atomic mass is 16.6. The second-order valence-corrected chi connectivity index (χ2v) is 4.62. The zero-order chi connectivity index (χ0) is 17.9. The summed E-state index contributed by atoms with van der Waals surface area (Å²) < 4.78 is 6.28. The molecule has 0 spiro atoms. The van der Waals surface area contributed by atoms with Gasteiger partial charge in [0.2, 0.25) is 5.69 Å². The first-order valence-electron chi connectivity index (χ1n) is 6.74. The monoisotopic (exact) mass is 335 g/mol. The number of hydrogen-bond acceptors (Lipinski definition) is 7. The van der Waals surface area contributed by atoms with E-state index in [0.29, 0.717) is 6.61 Å². The van der Waals surface area contributed by atoms with Gasteiger partial charge in [0, 0.05) is 7.05 Å². The summed E-state index contributed by atoms with van der Waals surface area (Å²) in [4.78, 5) is 32.8. The molecule has 0 saturated heterocycles. The number of nitrogens with one attached hydrogen (secondary N) is 1. The standard InChI is InChI=1S/C13H13N5O6/c1-3-24-8-4-5-9(10(6-8)17(20)21)14-13(19)12-11(18(22)23)7-16(2)15-12/h4-7H,3H2,1-2H3,(H,14,19). The molecule has 0 atom stereocenters. The number of ether oxygens (including phenoxy) is 1. The third-order valence-electron chi connectivity index (χ3n) is 2.95. The van der Waals surface area contributed by atoms with Crippen LogP contribution in [0.4, 0.5) is 17.1 Å². The Bertz CT molecular complexity index is 815. The molecule has 1 aromatic heterocycles. The first kappa shape index (κ1) is 16.9. The molecular weight excluding hydrogens is 322 g/mol. The average molecular weight is 335 g/mol. The van der Waals surface area contributed by atoms with Gasteiger partial charge in [-0.25, -0.2) is 0 Å². The van der Waals surface area contributed by atoms with E-state index in [0.717, 1.165) is 16.9 Å². The molecule has 0 aliphatic heterocycles. The fraction of sp³-hybridized carbons (Fsp3) is 0.231. The van der Waals surface area contributed by atoms with Crippen LogP contribution in [0, 0.1) is 20.2 Å². The zero-order valence-corrected chi connectivity index (χ0v) is 12.8. The van der Waals surface area contributed by atoms with Crippen LogP contribution in [0.3, 0.4) is 0 Å². The van der Waals surface area contributed by atoms with E-state index in [1.165, 1.54) is 19.2 Å². The van der Waals surface area contributed by atoms with Crippen molar-refractivity contribution in [3.05, 3.63) is 50.3 Å². The quantitative estimate of drug-likeness (QED) is 0.627. The predicted octanol–water partition coefficient (Wildman–Crippen LogP) is 1.89. The number of aryl methyl sites for hydroxylation is 1. The van der Waals surface area contributed by atoms with Gasteiger partial charge in [0.1, 0.15) is 17.6 Å². The number of rotatable bonds is 6. The number of aromatic nitrogens is 2. The Kier molecular flexibility index (Phi) is 4.73. The highest BCUT2D eigenvalue weighted by molar-refractivity contribution is 6.06. The van der Waals surface area contributed by atoms with Crippen LogP contribution in [0.5, 0.6) is 5.75 Å². The van der Waals surface area contributed by atoms with Crippen LogP contribution >= 0.6 is 0 Å². The van der Waals surface area contributed by atoms with Gasteiger partial charge in [-0.2, -0.15) is 5.10 Å². The molecule has 2 aromatic rings. The van der Waals surface area contributed by atoms with E-state index in [4.69, 9.17) is 4.74 Å². The van der Waals surface area contributed by atoms with Crippen molar-refractivity contribution >= 4 is 23.0 Å². The molecule has 1 amide bonds. The van der Waals surface area contributed by atoms with Crippen LogP contribution in [0.1, 0.15) is 17.4 Å². The van der Waals surface area contributed by atoms with E-state index in [1.54, 1.807) is 6.92 Å². The molecule has 1 heterocycles. The lowest BCUT2D eigenvalue weighted by Gasteiger charge is -2.07. The zero-order valence-electron chi connectivity index (χ0n) is 12.8. The minimum atomic E-state index is -0.922. The van der Waals surface area contributed by atoms with Crippen molar-refractivity contribution in [2.24, 2.45) is 7.05 Å². The van der Waals surface area contributed by atoms with Gasteiger partial charge in [-0.15, -0.1) is 0 Å². The van der Waals surface area contributed by atoms with Gasteiger partial charge >= 0.3 is 5.69 Å². The Hall–Kier alpha value is -3.50. The third kappa shape index (κ3) is 3.45. The van der Waals surface area contributed by atoms with Gasteiger partial charge in [0.15, 0.2) is 0 Å². The molecule has 2 rings (SSSR count). The molecule has 0 saturated carbocycles. The van der Waals surface area contributed by atoms with E-state index < -0.39 is 32.8 Å². The second kappa shape index (κ2) is 6.73. The molecule has 24 heavy (non-hydrogen) atoms. The normalized spacial score (nSPS) is 10.2. The molecule has 0 fully saturated rings. The van der Waals surface area contributed by atoms with Gasteiger partial charge < -0.3 is 10.1 Å². The number of anilines is 1. The lowest BCUT2D eigenvalue weighted by Crippen LogP contribution is -2.15. The smallest absolute Gasteiger partial charge is 0.320 e. The van der Waals surface area contributed by atoms with E-state index >= 15 is 0 Å². The summed E-state index contributed by atoms with van der Waals surface area (Å²) in [5, 5.41) is 28.1. The fourth-order valence-corrected chi connectivity index (χ4v) is 1.98. The summed E-state index contributed by atoms with van der Waals surface area (Å²) in [6.07, 6.45) is 1.07. The van der Waals surface area contributed by atoms with Gasteiger partial charge in [0.25, 0.3) is 11.6 Å². The molecule has 1 aromatic carbocycles. The number of hydrogen-bond donors (Lipinski definition) is 1. The Morgan fingerprint density at radius 3 is 2.54 bits per heavy atom. The highest BCUT2D eigenvalue weighted by Crippen LogP contribution is 2.30. The molecule has 1 N–H and O–H groups in total. The van der Waals surface area contributed by atoms with Crippen molar-refractivity contribution in [3.63, 3.8) is 0 Å². The molecule has 0 unspecified atom stereocenters. The maximum absolute atomic E-state index is 12.2. The van der Waals surface area contributed by atoms with E-state index in [2.05, 4.69) is 10.4 Å². The number of amides is 1. The lowest BCUT2D eigenvalue weighted by atomic mass is 10.2. The minimum absolute atomic E-state index is 0.117. The summed E-state index contributed by atoms with van der Waals surface area (Å²) in [6, 6.07) is 3.89. The van der Waals surface area contributed by atoms with Crippen LogP contribution in [0.25, 0.3) is 0 Å². The first-order chi connectivity index (χ1) is 11.3. The third-order valence-corrected chi connectivity index (χ3v) is 2.95. The van der Waals surface area contributed by atoms with Gasteiger partial charge in [-0.05, 0) is 19.1 Å². The van der Waals surface area contributed by atoms with Crippen LogP contribution in [-0.2, 0) is 7.05 Å². The maximum Gasteiger partial charge on any atom is 0.320 e. The molecule has 0 bridgehead atoms. The van der Waals surface area contributed by atoms with Crippen LogP contribution in [-0.4, -0.2) is 32.1 Å². The highest BCUT2D eigenvalue weighted by Gasteiger charge is 2.27. The lowest BCUT2D eigenvalue weighted by molar-refractivity contribution is -0.385. The Morgan fingerprint density at radius 2 is 1.96 bits per heavy atom. The molecule has 11 heteroatoms. The Labute approximate surface area is 135 Å². The van der Waals surface area contributed by atoms with Crippen LogP contribution in [0.15, 0.2) is 24.4 Å². The summed E-state index contributed by atoms with van der Waals surface area (Å²) in [6.45, 7) is 2.05. The van der Waals surface area contributed by atoms with Gasteiger partial charge in [0.05, 0.1) is 22.5 Å². The minimum Gasteiger partial charge on any atom is -0.494 e. The fourth-order valence-electron chi connectivity index (χ4n) is 1.98. The SMILES string of the molecule is CCOc1ccc(NC(=O)c2nn(C)cc2[N+](=O)[O-])c([N+](=O)[O-])c1. The van der Waals surface area contributed by atoms with Gasteiger partial charge in [-0.3, -0.25) is 29.7 Å². The molecule has 0 aliphatic rings. The molecule has 0 aliphatic carbocycles. The largest absolute Gasteiger partial charge is 0.494 e. The number of nitro benzene ring substituents is 1. The first-order valence-corrected chi connectivity index (χ1v) is 6.74. The van der Waals surface area contributed by atoms with E-state index in [-0.39, 0.29) is 11.4 Å². The summed E-state index contributed by atoms with van der Waals surface area (Å²) in [5.74, 6) is -0.652. The van der Waals surface area contributed by atoms with Crippen molar-refractivity contribution in [1.29, 1.82) is 0 Å². The molecule has 126 valence electrons. The number of benzene rings is 1. The number of carbonyl (C=O) groups is 1. The average Bonchev–Trinajstić information content (AvgIpc) is 2.91. The summed E-state index contributed by atoms with van der Waals surface area (Å²) in [7, 11) is 1.42. The molecular formula is C13H13N5O6. The number of nitrogens with zero attached hydrogens (tertiary/aromatic N) is 4. The van der Waals surface area contributed by atoms with Crippen molar-refractivity contribution in [1.82, 2.24) is 9.78 Å². The van der Waals surface area contributed by atoms with Crippen molar-refractivity contribution in [2.45, 2.75) is 6.92 Å². The van der Waals surface area contributed by atoms with E-state index in [1.807, 2.05) is 0 Å². The second-order valence-electron chi connectivity index (χ2n) is 4.62. The van der Waals surface area contributed by atoms with Crippen molar-refractivity contribution in [3.8, 4) is 5.75 Å². The maximum atomic E-state index is 12.2. The summed E-state index contributed by atoms with van der Waals surface area (Å²) in [5.41, 5.74) is -1.45. The topological polar surface area (TPSA) is 142 Å². The number of nitro groups is 2. The summed E-state index contributed by atoms with van der Waals surface area (Å²) >= 11 is 0. The van der Waals surface area contributed by atoms with Crippen LogP contribution < -0.4 is 10.1 Å². The Morgan fingerprint density at radius 1 is 1.29 bits per heavy atom. The van der Waals surface area contributed by atoms with E-state index in [9.17, 15) is 25.0 Å².